The number of benzene rings is 1. The lowest BCUT2D eigenvalue weighted by molar-refractivity contribution is -0.384. The van der Waals surface area contributed by atoms with Crippen LogP contribution in [0.5, 0.6) is 0 Å². The van der Waals surface area contributed by atoms with Crippen molar-refractivity contribution in [2.75, 3.05) is 18.8 Å². The first kappa shape index (κ1) is 14.8. The van der Waals surface area contributed by atoms with Crippen molar-refractivity contribution in [3.05, 3.63) is 33.4 Å². The number of aliphatic carboxylic acids is 1. The summed E-state index contributed by atoms with van der Waals surface area (Å²) in [4.78, 5) is 35.0. The number of hydrogen-bond donors (Lipinski definition) is 2. The van der Waals surface area contributed by atoms with Crippen molar-refractivity contribution in [1.82, 2.24) is 4.90 Å². The largest absolute Gasteiger partial charge is 0.481 e. The third-order valence-corrected chi connectivity index (χ3v) is 3.55. The van der Waals surface area contributed by atoms with Gasteiger partial charge in [-0.05, 0) is 25.0 Å². The highest BCUT2D eigenvalue weighted by atomic mass is 16.6. The molecule has 8 heteroatoms. The first-order valence-electron chi connectivity index (χ1n) is 6.38. The Morgan fingerprint density at radius 3 is 2.67 bits per heavy atom. The molecule has 0 saturated carbocycles. The average molecular weight is 293 g/mol. The summed E-state index contributed by atoms with van der Waals surface area (Å²) >= 11 is 0. The van der Waals surface area contributed by atoms with Crippen LogP contribution in [0.25, 0.3) is 0 Å². The van der Waals surface area contributed by atoms with Crippen molar-refractivity contribution < 1.29 is 19.6 Å². The minimum Gasteiger partial charge on any atom is -0.481 e. The zero-order valence-corrected chi connectivity index (χ0v) is 11.4. The molecule has 8 nitrogen and oxygen atoms in total. The molecule has 0 bridgehead atoms. The number of likely N-dealkylation sites (tertiary alicyclic amines) is 1. The minimum absolute atomic E-state index is 0.0488. The molecule has 2 rings (SSSR count). The molecule has 1 heterocycles. The zero-order valence-electron chi connectivity index (χ0n) is 11.4. The molecule has 1 atom stereocenters. The molecule has 1 aromatic carbocycles. The summed E-state index contributed by atoms with van der Waals surface area (Å²) in [5, 5.41) is 19.9. The van der Waals surface area contributed by atoms with E-state index >= 15 is 0 Å². The van der Waals surface area contributed by atoms with Crippen molar-refractivity contribution in [2.24, 2.45) is 5.92 Å². The fraction of sp³-hybridized carbons (Fsp3) is 0.385. The lowest BCUT2D eigenvalue weighted by Gasteiger charge is -2.17. The summed E-state index contributed by atoms with van der Waals surface area (Å²) in [7, 11) is 0. The predicted molar refractivity (Wildman–Crippen MR) is 73.9 cm³/mol. The Kier molecular flexibility index (Phi) is 3.79. The van der Waals surface area contributed by atoms with Gasteiger partial charge in [0.1, 0.15) is 5.69 Å². The number of carboxylic acids is 1. The van der Waals surface area contributed by atoms with Gasteiger partial charge < -0.3 is 15.7 Å². The highest BCUT2D eigenvalue weighted by Gasteiger charge is 2.33. The van der Waals surface area contributed by atoms with Crippen LogP contribution < -0.4 is 5.73 Å². The molecule has 0 radical (unpaired) electrons. The number of carboxylic acid groups (broad SMARTS) is 1. The Bertz CT molecular complexity index is 628. The van der Waals surface area contributed by atoms with E-state index in [1.807, 2.05) is 0 Å². The van der Waals surface area contributed by atoms with Crippen LogP contribution in [0, 0.1) is 23.0 Å². The van der Waals surface area contributed by atoms with Crippen LogP contribution in [-0.2, 0) is 4.79 Å². The second-order valence-corrected chi connectivity index (χ2v) is 5.08. The molecule has 1 fully saturated rings. The number of nitrogen functional groups attached to an aromatic ring is 1. The van der Waals surface area contributed by atoms with E-state index in [-0.39, 0.29) is 23.5 Å². The van der Waals surface area contributed by atoms with Crippen LogP contribution >= 0.6 is 0 Å². The topological polar surface area (TPSA) is 127 Å². The average Bonchev–Trinajstić information content (AvgIpc) is 2.89. The van der Waals surface area contributed by atoms with Gasteiger partial charge in [-0.25, -0.2) is 0 Å². The van der Waals surface area contributed by atoms with Crippen molar-refractivity contribution in [3.63, 3.8) is 0 Å². The van der Waals surface area contributed by atoms with Gasteiger partial charge in [-0.2, -0.15) is 0 Å². The number of carbonyl (C=O) groups is 2. The van der Waals surface area contributed by atoms with Crippen molar-refractivity contribution in [1.29, 1.82) is 0 Å². The molecule has 1 saturated heterocycles. The summed E-state index contributed by atoms with van der Waals surface area (Å²) in [6.45, 7) is 2.03. The Morgan fingerprint density at radius 2 is 2.14 bits per heavy atom. The molecule has 3 N–H and O–H groups in total. The quantitative estimate of drug-likeness (QED) is 0.487. The summed E-state index contributed by atoms with van der Waals surface area (Å²) in [6, 6.07) is 2.79. The number of nitrogens with two attached hydrogens (primary N) is 1. The van der Waals surface area contributed by atoms with E-state index in [1.165, 1.54) is 17.0 Å². The monoisotopic (exact) mass is 293 g/mol. The Morgan fingerprint density at radius 1 is 1.48 bits per heavy atom. The summed E-state index contributed by atoms with van der Waals surface area (Å²) in [5.41, 5.74) is 5.81. The zero-order chi connectivity index (χ0) is 15.7. The van der Waals surface area contributed by atoms with Crippen molar-refractivity contribution >= 4 is 23.3 Å². The van der Waals surface area contributed by atoms with E-state index in [2.05, 4.69) is 0 Å². The van der Waals surface area contributed by atoms with Crippen molar-refractivity contribution in [2.45, 2.75) is 13.3 Å². The third kappa shape index (κ3) is 2.78. The second-order valence-electron chi connectivity index (χ2n) is 5.08. The molecule has 112 valence electrons. The molecule has 0 aromatic heterocycles. The smallest absolute Gasteiger partial charge is 0.308 e. The first-order valence-corrected chi connectivity index (χ1v) is 6.38. The van der Waals surface area contributed by atoms with E-state index in [0.717, 1.165) is 0 Å². The highest BCUT2D eigenvalue weighted by molar-refractivity contribution is 6.01. The number of nitro groups is 1. The molecule has 0 spiro atoms. The number of nitrogens with zero attached hydrogens (tertiary/aromatic N) is 2. The van der Waals surface area contributed by atoms with Gasteiger partial charge in [0.2, 0.25) is 0 Å². The fourth-order valence-electron chi connectivity index (χ4n) is 2.42. The van der Waals surface area contributed by atoms with E-state index < -0.39 is 22.7 Å². The lowest BCUT2D eigenvalue weighted by Crippen LogP contribution is -2.30. The molecular formula is C13H15N3O5. The summed E-state index contributed by atoms with van der Waals surface area (Å²) < 4.78 is 0. The molecule has 0 aliphatic carbocycles. The molecular weight excluding hydrogens is 278 g/mol. The molecule has 1 amide bonds. The van der Waals surface area contributed by atoms with Gasteiger partial charge in [-0.1, -0.05) is 0 Å². The number of hydrogen-bond acceptors (Lipinski definition) is 5. The standard InChI is InChI=1S/C13H15N3O5/c1-7-4-9(11(14)10(5-7)16(20)21)12(17)15-3-2-8(6-15)13(18)19/h4-5,8H,2-3,6,14H2,1H3,(H,18,19). The number of nitro benzene ring substituents is 1. The van der Waals surface area contributed by atoms with Crippen LogP contribution in [-0.4, -0.2) is 39.9 Å². The molecule has 1 aromatic rings. The SMILES string of the molecule is Cc1cc(C(=O)N2CCC(C(=O)O)C2)c(N)c([N+](=O)[O-])c1. The van der Waals surface area contributed by atoms with Crippen LogP contribution in [0.1, 0.15) is 22.3 Å². The van der Waals surface area contributed by atoms with Crippen LogP contribution in [0.4, 0.5) is 11.4 Å². The number of anilines is 1. The summed E-state index contributed by atoms with van der Waals surface area (Å²) in [6.07, 6.45) is 0.370. The maximum Gasteiger partial charge on any atom is 0.308 e. The molecule has 1 aliphatic rings. The van der Waals surface area contributed by atoms with E-state index in [1.54, 1.807) is 6.92 Å². The maximum atomic E-state index is 12.4. The van der Waals surface area contributed by atoms with E-state index in [0.29, 0.717) is 18.5 Å². The van der Waals surface area contributed by atoms with E-state index in [4.69, 9.17) is 10.8 Å². The predicted octanol–water partition coefficient (Wildman–Crippen LogP) is 1.03. The van der Waals surface area contributed by atoms with Gasteiger partial charge in [0, 0.05) is 19.2 Å². The Labute approximate surface area is 120 Å². The number of rotatable bonds is 3. The van der Waals surface area contributed by atoms with Gasteiger partial charge >= 0.3 is 5.97 Å². The van der Waals surface area contributed by atoms with Gasteiger partial charge in [0.05, 0.1) is 16.4 Å². The van der Waals surface area contributed by atoms with Crippen LogP contribution in [0.3, 0.4) is 0 Å². The second kappa shape index (κ2) is 5.39. The van der Waals surface area contributed by atoms with Gasteiger partial charge in [0.15, 0.2) is 0 Å². The fourth-order valence-corrected chi connectivity index (χ4v) is 2.42. The van der Waals surface area contributed by atoms with Gasteiger partial charge in [-0.3, -0.25) is 19.7 Å². The molecule has 21 heavy (non-hydrogen) atoms. The minimum atomic E-state index is -0.950. The molecule has 1 aliphatic heterocycles. The third-order valence-electron chi connectivity index (χ3n) is 3.55. The number of aryl methyl sites for hydroxylation is 1. The van der Waals surface area contributed by atoms with Crippen molar-refractivity contribution in [3.8, 4) is 0 Å². The Balaban J connectivity index is 2.32. The first-order chi connectivity index (χ1) is 9.81. The normalized spacial score (nSPS) is 17.8. The van der Waals surface area contributed by atoms with Gasteiger partial charge in [0.25, 0.3) is 11.6 Å². The maximum absolute atomic E-state index is 12.4. The van der Waals surface area contributed by atoms with Crippen LogP contribution in [0.2, 0.25) is 0 Å². The molecule has 1 unspecified atom stereocenters. The van der Waals surface area contributed by atoms with Gasteiger partial charge in [-0.15, -0.1) is 0 Å². The van der Waals surface area contributed by atoms with E-state index in [9.17, 15) is 19.7 Å². The number of carbonyl (C=O) groups excluding carboxylic acids is 1. The highest BCUT2D eigenvalue weighted by Crippen LogP contribution is 2.29. The lowest BCUT2D eigenvalue weighted by atomic mass is 10.1. The Hall–Kier alpha value is -2.64. The number of amides is 1. The summed E-state index contributed by atoms with van der Waals surface area (Å²) in [5.74, 6) is -2.02. The van der Waals surface area contributed by atoms with Crippen LogP contribution in [0.15, 0.2) is 12.1 Å².